The number of fused-ring (bicyclic) bond motifs is 1. The molecule has 3 aromatic rings. The van der Waals surface area contributed by atoms with Gasteiger partial charge in [0.25, 0.3) is 0 Å². The number of nitrogens with one attached hydrogen (secondary N) is 3. The highest BCUT2D eigenvalue weighted by Crippen LogP contribution is 2.27. The summed E-state index contributed by atoms with van der Waals surface area (Å²) in [6.45, 7) is 2.53. The summed E-state index contributed by atoms with van der Waals surface area (Å²) in [7, 11) is 0. The highest BCUT2D eigenvalue weighted by Gasteiger charge is 2.23. The quantitative estimate of drug-likeness (QED) is 0.430. The van der Waals surface area contributed by atoms with Gasteiger partial charge >= 0.3 is 0 Å². The van der Waals surface area contributed by atoms with Crippen LogP contribution in [0.25, 0.3) is 11.0 Å². The highest BCUT2D eigenvalue weighted by molar-refractivity contribution is 6.18. The topological polar surface area (TPSA) is 95.6 Å². The zero-order valence-corrected chi connectivity index (χ0v) is 16.0. The minimum absolute atomic E-state index is 0.0592. The average molecular weight is 400 g/mol. The van der Waals surface area contributed by atoms with E-state index in [4.69, 9.17) is 0 Å². The first kappa shape index (κ1) is 19.2. The molecule has 4 rings (SSSR count). The van der Waals surface area contributed by atoms with Gasteiger partial charge in [0, 0.05) is 18.8 Å². The maximum atomic E-state index is 14.7. The molecule has 0 radical (unpaired) electrons. The molecule has 0 unspecified atom stereocenters. The molecule has 1 aliphatic carbocycles. The molecule has 1 fully saturated rings. The maximum Gasteiger partial charge on any atom is 0.226 e. The number of ketones is 1. The fraction of sp³-hybridized carbons (Fsp3) is 0.400. The molecule has 3 N–H and O–H groups in total. The number of H-pyrrole nitrogens is 1. The van der Waals surface area contributed by atoms with Gasteiger partial charge < -0.3 is 15.6 Å². The van der Waals surface area contributed by atoms with Gasteiger partial charge in [0.1, 0.15) is 29.8 Å². The van der Waals surface area contributed by atoms with E-state index in [1.54, 1.807) is 6.07 Å². The maximum absolute atomic E-state index is 14.7. The van der Waals surface area contributed by atoms with Crippen LogP contribution < -0.4 is 10.6 Å². The Balaban J connectivity index is 1.59. The van der Waals surface area contributed by atoms with Crippen molar-refractivity contribution in [2.75, 3.05) is 17.2 Å². The summed E-state index contributed by atoms with van der Waals surface area (Å²) in [5.41, 5.74) is 0.642. The van der Waals surface area contributed by atoms with E-state index in [0.717, 1.165) is 0 Å². The number of nitrogens with zero attached hydrogens (tertiary/aromatic N) is 3. The van der Waals surface area contributed by atoms with Gasteiger partial charge in [-0.05, 0) is 44.7 Å². The second-order valence-electron chi connectivity index (χ2n) is 7.14. The average Bonchev–Trinajstić information content (AvgIpc) is 3.15. The van der Waals surface area contributed by atoms with Gasteiger partial charge in [-0.2, -0.15) is 4.39 Å². The number of alkyl halides is 1. The summed E-state index contributed by atoms with van der Waals surface area (Å²) < 4.78 is 27.9. The minimum Gasteiger partial charge on any atom is -0.370 e. The van der Waals surface area contributed by atoms with Crippen LogP contribution in [-0.2, 0) is 0 Å². The molecule has 7 nitrogen and oxygen atoms in total. The van der Waals surface area contributed by atoms with Crippen molar-refractivity contribution in [2.45, 2.75) is 44.8 Å². The molecule has 0 aliphatic heterocycles. The fourth-order valence-corrected chi connectivity index (χ4v) is 3.68. The molecule has 0 atom stereocenters. The summed E-state index contributed by atoms with van der Waals surface area (Å²) in [6.07, 6.45) is 4.47. The van der Waals surface area contributed by atoms with Crippen LogP contribution in [0.4, 0.5) is 20.4 Å². The monoisotopic (exact) mass is 400 g/mol. The molecule has 0 bridgehead atoms. The minimum atomic E-state index is -0.852. The van der Waals surface area contributed by atoms with Crippen molar-refractivity contribution in [3.63, 3.8) is 0 Å². The lowest BCUT2D eigenvalue weighted by Gasteiger charge is -2.25. The zero-order chi connectivity index (χ0) is 20.4. The molecule has 9 heteroatoms. The molecular formula is C20H22F2N6O. The van der Waals surface area contributed by atoms with Crippen LogP contribution in [0.15, 0.2) is 24.7 Å². The molecule has 1 saturated carbocycles. The smallest absolute Gasteiger partial charge is 0.226 e. The number of pyridine rings is 1. The first-order valence-corrected chi connectivity index (χ1v) is 9.74. The highest BCUT2D eigenvalue weighted by atomic mass is 19.1. The number of anilines is 2. The van der Waals surface area contributed by atoms with Gasteiger partial charge in [0.05, 0.1) is 16.5 Å². The Labute approximate surface area is 166 Å². The Kier molecular flexibility index (Phi) is 5.37. The number of hydrogen-bond acceptors (Lipinski definition) is 6. The van der Waals surface area contributed by atoms with E-state index < -0.39 is 17.9 Å². The number of carbonyl (C=O) groups excluding carboxylic acids is 1. The molecule has 0 spiro atoms. The van der Waals surface area contributed by atoms with Crippen LogP contribution in [0.2, 0.25) is 0 Å². The summed E-state index contributed by atoms with van der Waals surface area (Å²) in [6, 6.07) is 3.06. The van der Waals surface area contributed by atoms with Gasteiger partial charge in [-0.15, -0.1) is 0 Å². The largest absolute Gasteiger partial charge is 0.370 e. The van der Waals surface area contributed by atoms with Crippen LogP contribution in [-0.4, -0.2) is 44.5 Å². The van der Waals surface area contributed by atoms with Crippen LogP contribution in [0.5, 0.6) is 0 Å². The fourth-order valence-electron chi connectivity index (χ4n) is 3.68. The van der Waals surface area contributed by atoms with Crippen molar-refractivity contribution in [1.82, 2.24) is 19.9 Å². The molecule has 0 amide bonds. The van der Waals surface area contributed by atoms with Gasteiger partial charge in [-0.3, -0.25) is 4.79 Å². The summed E-state index contributed by atoms with van der Waals surface area (Å²) >= 11 is 0. The molecule has 3 aromatic heterocycles. The lowest BCUT2D eigenvalue weighted by atomic mass is 9.94. The Morgan fingerprint density at radius 1 is 1.21 bits per heavy atom. The second kappa shape index (κ2) is 8.10. The van der Waals surface area contributed by atoms with E-state index in [0.29, 0.717) is 54.9 Å². The van der Waals surface area contributed by atoms with Crippen molar-refractivity contribution >= 4 is 28.5 Å². The first-order chi connectivity index (χ1) is 14.1. The van der Waals surface area contributed by atoms with Crippen molar-refractivity contribution in [2.24, 2.45) is 0 Å². The number of aromatic amines is 1. The summed E-state index contributed by atoms with van der Waals surface area (Å²) in [5.74, 6) is -0.496. The van der Waals surface area contributed by atoms with Gasteiger partial charge in [0.15, 0.2) is 5.78 Å². The zero-order valence-electron chi connectivity index (χ0n) is 16.0. The van der Waals surface area contributed by atoms with E-state index in [1.807, 2.05) is 6.92 Å². The van der Waals surface area contributed by atoms with Crippen molar-refractivity contribution in [3.05, 3.63) is 41.7 Å². The Morgan fingerprint density at radius 2 is 2.00 bits per heavy atom. The molecule has 0 saturated heterocycles. The summed E-state index contributed by atoms with van der Waals surface area (Å²) in [4.78, 5) is 28.1. The van der Waals surface area contributed by atoms with E-state index in [1.165, 1.54) is 18.6 Å². The predicted octanol–water partition coefficient (Wildman–Crippen LogP) is 3.85. The van der Waals surface area contributed by atoms with E-state index >= 15 is 0 Å². The van der Waals surface area contributed by atoms with Crippen LogP contribution >= 0.6 is 0 Å². The number of aromatic nitrogens is 4. The molecule has 29 heavy (non-hydrogen) atoms. The lowest BCUT2D eigenvalue weighted by molar-refractivity contribution is 0.103. The number of rotatable bonds is 6. The third-order valence-electron chi connectivity index (χ3n) is 5.16. The van der Waals surface area contributed by atoms with E-state index in [2.05, 4.69) is 30.6 Å². The molecule has 0 aromatic carbocycles. The van der Waals surface area contributed by atoms with Crippen molar-refractivity contribution in [1.29, 1.82) is 0 Å². The van der Waals surface area contributed by atoms with Crippen molar-refractivity contribution in [3.8, 4) is 0 Å². The summed E-state index contributed by atoms with van der Waals surface area (Å²) in [5, 5.41) is 6.74. The number of hydrogen-bond donors (Lipinski definition) is 3. The molecule has 3 heterocycles. The Hall–Kier alpha value is -3.10. The van der Waals surface area contributed by atoms with Crippen LogP contribution in [0.3, 0.4) is 0 Å². The first-order valence-electron chi connectivity index (χ1n) is 9.74. The Morgan fingerprint density at radius 3 is 2.72 bits per heavy atom. The SMILES string of the molecule is CCNc1ncnc2[nH]cc(C(=O)c3ccc(NC4CCC(F)CC4)nc3F)c12. The lowest BCUT2D eigenvalue weighted by Crippen LogP contribution is -2.27. The van der Waals surface area contributed by atoms with Gasteiger partial charge in [-0.25, -0.2) is 19.3 Å². The Bertz CT molecular complexity index is 1030. The molecular weight excluding hydrogens is 378 g/mol. The molecule has 152 valence electrons. The number of halogens is 2. The number of carbonyl (C=O) groups is 1. The second-order valence-corrected chi connectivity index (χ2v) is 7.14. The van der Waals surface area contributed by atoms with Gasteiger partial charge in [-0.1, -0.05) is 0 Å². The predicted molar refractivity (Wildman–Crippen MR) is 106 cm³/mol. The normalized spacial score (nSPS) is 19.3. The van der Waals surface area contributed by atoms with Gasteiger partial charge in [0.2, 0.25) is 5.95 Å². The molecule has 1 aliphatic rings. The van der Waals surface area contributed by atoms with E-state index in [-0.39, 0.29) is 17.2 Å². The third kappa shape index (κ3) is 3.90. The van der Waals surface area contributed by atoms with Crippen molar-refractivity contribution < 1.29 is 13.6 Å². The van der Waals surface area contributed by atoms with Crippen LogP contribution in [0.1, 0.15) is 48.5 Å². The van der Waals surface area contributed by atoms with E-state index in [9.17, 15) is 13.6 Å². The third-order valence-corrected chi connectivity index (χ3v) is 5.16. The standard InChI is InChI=1S/C20H22F2N6O/c1-2-23-19-16-14(9-24-20(16)26-10-25-19)17(29)13-7-8-15(28-18(13)22)27-12-5-3-11(21)4-6-12/h7-12H,2-6H2,1H3,(H,27,28)(H2,23,24,25,26). The van der Waals surface area contributed by atoms with Crippen LogP contribution in [0, 0.1) is 5.95 Å².